The van der Waals surface area contributed by atoms with Gasteiger partial charge in [-0.05, 0) is 82.4 Å². The Bertz CT molecular complexity index is 3600. The number of rotatable bonds is 4. The molecule has 0 bridgehead atoms. The maximum absolute atomic E-state index is 2.52. The van der Waals surface area contributed by atoms with Crippen LogP contribution in [0.3, 0.4) is 0 Å². The zero-order valence-corrected chi connectivity index (χ0v) is 31.5. The SMILES string of the molecule is c1ccc(C2c3ccccc3-c3ccc4c5ccccc5n(-c5ccc(-n6c7ccccc7c7ccc8c9ccccc9n(-c9ccccc9)c8c76)cc5)c4c32)cc1. The Hall–Kier alpha value is -7.62. The number of para-hydroxylation sites is 4. The number of nitrogens with zero attached hydrogens (tertiary/aromatic N) is 3. The van der Waals surface area contributed by atoms with Crippen LogP contribution in [-0.2, 0) is 0 Å². The zero-order chi connectivity index (χ0) is 37.9. The predicted molar refractivity (Wildman–Crippen MR) is 242 cm³/mol. The molecule has 13 rings (SSSR count). The lowest BCUT2D eigenvalue weighted by molar-refractivity contribution is 1.01. The summed E-state index contributed by atoms with van der Waals surface area (Å²) in [6.07, 6.45) is 0. The molecule has 3 heteroatoms. The summed E-state index contributed by atoms with van der Waals surface area (Å²) in [5, 5.41) is 7.55. The molecule has 12 aromatic rings. The number of aromatic nitrogens is 3. The Morgan fingerprint density at radius 3 is 1.26 bits per heavy atom. The first kappa shape index (κ1) is 31.6. The highest BCUT2D eigenvalue weighted by Gasteiger charge is 2.33. The van der Waals surface area contributed by atoms with Gasteiger partial charge in [-0.1, -0.05) is 152 Å². The molecular weight excluding hydrogens is 703 g/mol. The van der Waals surface area contributed by atoms with Gasteiger partial charge in [0.05, 0.1) is 33.1 Å². The van der Waals surface area contributed by atoms with E-state index in [1.54, 1.807) is 0 Å². The molecule has 3 heterocycles. The molecule has 0 saturated heterocycles. The molecule has 0 amide bonds. The van der Waals surface area contributed by atoms with Gasteiger partial charge in [-0.25, -0.2) is 0 Å². The largest absolute Gasteiger partial charge is 0.309 e. The number of benzene rings is 9. The van der Waals surface area contributed by atoms with Crippen molar-refractivity contribution < 1.29 is 0 Å². The first-order chi connectivity index (χ1) is 28.8. The molecule has 3 aromatic heterocycles. The van der Waals surface area contributed by atoms with Crippen LogP contribution in [-0.4, -0.2) is 13.7 Å². The lowest BCUT2D eigenvalue weighted by Gasteiger charge is -2.18. The predicted octanol–water partition coefficient (Wildman–Crippen LogP) is 14.1. The summed E-state index contributed by atoms with van der Waals surface area (Å²) in [4.78, 5) is 0. The molecule has 0 N–H and O–H groups in total. The fourth-order valence-corrected chi connectivity index (χ4v) is 10.4. The monoisotopic (exact) mass is 737 g/mol. The van der Waals surface area contributed by atoms with Crippen molar-refractivity contribution in [1.82, 2.24) is 13.7 Å². The van der Waals surface area contributed by atoms with Crippen molar-refractivity contribution in [2.75, 3.05) is 0 Å². The number of fused-ring (bicyclic) bond motifs is 14. The summed E-state index contributed by atoms with van der Waals surface area (Å²) in [7, 11) is 0. The molecule has 0 aliphatic heterocycles. The minimum absolute atomic E-state index is 0.134. The van der Waals surface area contributed by atoms with E-state index in [4.69, 9.17) is 0 Å². The van der Waals surface area contributed by atoms with Gasteiger partial charge in [0.15, 0.2) is 0 Å². The average molecular weight is 738 g/mol. The number of hydrogen-bond acceptors (Lipinski definition) is 0. The topological polar surface area (TPSA) is 14.8 Å². The third-order valence-electron chi connectivity index (χ3n) is 12.7. The normalized spacial score (nSPS) is 13.7. The molecule has 0 radical (unpaired) electrons. The molecule has 1 aliphatic carbocycles. The second kappa shape index (κ2) is 11.9. The van der Waals surface area contributed by atoms with Crippen molar-refractivity contribution in [3.05, 3.63) is 223 Å². The minimum atomic E-state index is 0.134. The second-order valence-electron chi connectivity index (χ2n) is 15.6. The highest BCUT2D eigenvalue weighted by molar-refractivity contribution is 6.24. The van der Waals surface area contributed by atoms with Crippen LogP contribution in [0.25, 0.3) is 93.6 Å². The molecule has 9 aromatic carbocycles. The molecule has 0 spiro atoms. The molecule has 1 atom stereocenters. The quantitative estimate of drug-likeness (QED) is 0.171. The van der Waals surface area contributed by atoms with Crippen LogP contribution in [0, 0.1) is 0 Å². The van der Waals surface area contributed by atoms with Gasteiger partial charge in [0.25, 0.3) is 0 Å². The lowest BCUT2D eigenvalue weighted by atomic mass is 9.88. The van der Waals surface area contributed by atoms with Crippen LogP contribution in [0.5, 0.6) is 0 Å². The zero-order valence-electron chi connectivity index (χ0n) is 31.5. The summed E-state index contributed by atoms with van der Waals surface area (Å²) in [6, 6.07) is 76.0. The van der Waals surface area contributed by atoms with E-state index in [1.165, 1.54) is 93.2 Å². The molecular formula is C55H35N3. The van der Waals surface area contributed by atoms with Crippen molar-refractivity contribution in [3.8, 4) is 28.2 Å². The highest BCUT2D eigenvalue weighted by Crippen LogP contribution is 2.52. The van der Waals surface area contributed by atoms with Crippen LogP contribution in [0.2, 0.25) is 0 Å². The van der Waals surface area contributed by atoms with Crippen molar-refractivity contribution >= 4 is 65.4 Å². The van der Waals surface area contributed by atoms with Gasteiger partial charge >= 0.3 is 0 Å². The summed E-state index contributed by atoms with van der Waals surface area (Å²) in [5.41, 5.74) is 17.5. The van der Waals surface area contributed by atoms with Gasteiger partial charge in [-0.2, -0.15) is 0 Å². The minimum Gasteiger partial charge on any atom is -0.309 e. The van der Waals surface area contributed by atoms with Crippen LogP contribution >= 0.6 is 0 Å². The van der Waals surface area contributed by atoms with Gasteiger partial charge < -0.3 is 13.7 Å². The molecule has 3 nitrogen and oxygen atoms in total. The van der Waals surface area contributed by atoms with E-state index in [0.29, 0.717) is 0 Å². The summed E-state index contributed by atoms with van der Waals surface area (Å²) in [5.74, 6) is 0.134. The van der Waals surface area contributed by atoms with Crippen molar-refractivity contribution in [2.24, 2.45) is 0 Å². The fraction of sp³-hybridized carbons (Fsp3) is 0.0182. The maximum Gasteiger partial charge on any atom is 0.0788 e. The van der Waals surface area contributed by atoms with Crippen LogP contribution in [0.15, 0.2) is 206 Å². The van der Waals surface area contributed by atoms with Crippen LogP contribution < -0.4 is 0 Å². The third-order valence-corrected chi connectivity index (χ3v) is 12.7. The van der Waals surface area contributed by atoms with Crippen LogP contribution in [0.4, 0.5) is 0 Å². The first-order valence-electron chi connectivity index (χ1n) is 20.2. The maximum atomic E-state index is 2.52. The Morgan fingerprint density at radius 2 is 0.690 bits per heavy atom. The van der Waals surface area contributed by atoms with E-state index in [9.17, 15) is 0 Å². The standard InChI is InChI=1S/C55H35N3/c1-3-15-35(16-4-1)51-43-23-8-7-19-39(43)44-31-32-45-40-20-9-12-24-48(40)56(53(45)52(44)51)37-27-29-38(30-28-37)58-50-26-14-11-22-42(50)47-34-33-46-41-21-10-13-25-49(41)57(54(46)55(47)58)36-17-5-2-6-18-36/h1-34,51H. The first-order valence-corrected chi connectivity index (χ1v) is 20.2. The Kier molecular flexibility index (Phi) is 6.50. The van der Waals surface area contributed by atoms with Crippen molar-refractivity contribution in [3.63, 3.8) is 0 Å². The van der Waals surface area contributed by atoms with E-state index in [2.05, 4.69) is 220 Å². The van der Waals surface area contributed by atoms with E-state index in [1.807, 2.05) is 0 Å². The highest BCUT2D eigenvalue weighted by atomic mass is 15.0. The van der Waals surface area contributed by atoms with E-state index in [-0.39, 0.29) is 5.92 Å². The Morgan fingerprint density at radius 1 is 0.276 bits per heavy atom. The summed E-state index contributed by atoms with van der Waals surface area (Å²) < 4.78 is 7.46. The van der Waals surface area contributed by atoms with Crippen molar-refractivity contribution in [1.29, 1.82) is 0 Å². The second-order valence-corrected chi connectivity index (χ2v) is 15.6. The number of hydrogen-bond donors (Lipinski definition) is 0. The van der Waals surface area contributed by atoms with E-state index < -0.39 is 0 Å². The Balaban J connectivity index is 1.09. The van der Waals surface area contributed by atoms with Gasteiger partial charge in [0, 0.05) is 55.3 Å². The van der Waals surface area contributed by atoms with E-state index in [0.717, 1.165) is 17.1 Å². The van der Waals surface area contributed by atoms with Gasteiger partial charge in [-0.15, -0.1) is 0 Å². The van der Waals surface area contributed by atoms with Crippen molar-refractivity contribution in [2.45, 2.75) is 5.92 Å². The van der Waals surface area contributed by atoms with Gasteiger partial charge in [0.1, 0.15) is 0 Å². The smallest absolute Gasteiger partial charge is 0.0788 e. The molecule has 270 valence electrons. The molecule has 0 fully saturated rings. The molecule has 0 saturated carbocycles. The summed E-state index contributed by atoms with van der Waals surface area (Å²) >= 11 is 0. The van der Waals surface area contributed by atoms with Gasteiger partial charge in [0.2, 0.25) is 0 Å². The van der Waals surface area contributed by atoms with Crippen LogP contribution in [0.1, 0.15) is 22.6 Å². The van der Waals surface area contributed by atoms with E-state index >= 15 is 0 Å². The average Bonchev–Trinajstić information content (AvgIpc) is 4.02. The molecule has 1 unspecified atom stereocenters. The Labute approximate surface area is 334 Å². The van der Waals surface area contributed by atoms with Gasteiger partial charge in [-0.3, -0.25) is 0 Å². The summed E-state index contributed by atoms with van der Waals surface area (Å²) in [6.45, 7) is 0. The fourth-order valence-electron chi connectivity index (χ4n) is 10.4. The molecule has 58 heavy (non-hydrogen) atoms. The molecule has 1 aliphatic rings. The third kappa shape index (κ3) is 4.22. The lowest BCUT2D eigenvalue weighted by Crippen LogP contribution is -2.03.